The molecule has 2 unspecified atom stereocenters. The molecule has 1 aliphatic heterocycles. The summed E-state index contributed by atoms with van der Waals surface area (Å²) in [6, 6.07) is 14.2. The van der Waals surface area contributed by atoms with Crippen molar-refractivity contribution in [2.75, 3.05) is 26.5 Å². The van der Waals surface area contributed by atoms with Gasteiger partial charge in [0.25, 0.3) is 5.91 Å². The first kappa shape index (κ1) is 21.0. The van der Waals surface area contributed by atoms with E-state index in [2.05, 4.69) is 5.32 Å². The third-order valence-electron chi connectivity index (χ3n) is 4.80. The van der Waals surface area contributed by atoms with Gasteiger partial charge in [-0.15, -0.1) is 11.8 Å². The number of methoxy groups -OCH3 is 2. The molecule has 0 aliphatic carbocycles. The van der Waals surface area contributed by atoms with Crippen molar-refractivity contribution >= 4 is 23.6 Å². The molecule has 0 radical (unpaired) electrons. The van der Waals surface area contributed by atoms with E-state index in [9.17, 15) is 9.59 Å². The molecule has 0 spiro atoms. The minimum Gasteiger partial charge on any atom is -0.493 e. The molecule has 1 aliphatic rings. The Morgan fingerprint density at radius 3 is 2.48 bits per heavy atom. The predicted octanol–water partition coefficient (Wildman–Crippen LogP) is 3.49. The molecule has 154 valence electrons. The van der Waals surface area contributed by atoms with Crippen molar-refractivity contribution in [3.63, 3.8) is 0 Å². The molecule has 0 saturated carbocycles. The highest BCUT2D eigenvalue weighted by molar-refractivity contribution is 7.99. The number of carbonyl (C=O) groups is 2. The molecule has 6 nitrogen and oxygen atoms in total. The van der Waals surface area contributed by atoms with E-state index in [1.807, 2.05) is 43.3 Å². The van der Waals surface area contributed by atoms with Gasteiger partial charge in [-0.1, -0.05) is 31.2 Å². The van der Waals surface area contributed by atoms with Crippen molar-refractivity contribution in [1.29, 1.82) is 0 Å². The molecule has 29 heavy (non-hydrogen) atoms. The molecule has 1 fully saturated rings. The Morgan fingerprint density at radius 1 is 1.10 bits per heavy atom. The normalized spacial score (nSPS) is 18.4. The van der Waals surface area contributed by atoms with Crippen LogP contribution in [0.15, 0.2) is 48.5 Å². The van der Waals surface area contributed by atoms with Gasteiger partial charge in [-0.05, 0) is 36.2 Å². The lowest BCUT2D eigenvalue weighted by Gasteiger charge is -2.29. The summed E-state index contributed by atoms with van der Waals surface area (Å²) < 4.78 is 10.8. The molecule has 2 aromatic rings. The first-order valence-corrected chi connectivity index (χ1v) is 10.6. The summed E-state index contributed by atoms with van der Waals surface area (Å²) in [6.07, 6.45) is 0.845. The molecule has 0 aromatic heterocycles. The molecule has 1 N–H and O–H groups in total. The lowest BCUT2D eigenvalue weighted by molar-refractivity contribution is -0.124. The van der Waals surface area contributed by atoms with E-state index < -0.39 is 6.04 Å². The van der Waals surface area contributed by atoms with Crippen LogP contribution in [0, 0.1) is 0 Å². The molecule has 1 saturated heterocycles. The van der Waals surface area contributed by atoms with Gasteiger partial charge in [0.2, 0.25) is 5.91 Å². The van der Waals surface area contributed by atoms with Crippen LogP contribution in [0.3, 0.4) is 0 Å². The molecule has 1 heterocycles. The maximum Gasteiger partial charge on any atom is 0.255 e. The average molecular weight is 415 g/mol. The maximum absolute atomic E-state index is 13.4. The van der Waals surface area contributed by atoms with Crippen LogP contribution in [0.4, 0.5) is 0 Å². The Bertz CT molecular complexity index is 859. The van der Waals surface area contributed by atoms with Crippen LogP contribution in [-0.2, 0) is 4.79 Å². The first-order chi connectivity index (χ1) is 14.1. The highest BCUT2D eigenvalue weighted by Crippen LogP contribution is 2.44. The van der Waals surface area contributed by atoms with Crippen molar-refractivity contribution in [3.05, 3.63) is 59.7 Å². The van der Waals surface area contributed by atoms with Gasteiger partial charge in [0, 0.05) is 17.9 Å². The van der Waals surface area contributed by atoms with Gasteiger partial charge in [0.15, 0.2) is 11.5 Å². The Labute approximate surface area is 175 Å². The van der Waals surface area contributed by atoms with E-state index in [0.717, 1.165) is 12.0 Å². The highest BCUT2D eigenvalue weighted by Gasteiger charge is 2.42. The van der Waals surface area contributed by atoms with E-state index >= 15 is 0 Å². The number of nitrogens with zero attached hydrogens (tertiary/aromatic N) is 1. The summed E-state index contributed by atoms with van der Waals surface area (Å²) in [4.78, 5) is 27.8. The van der Waals surface area contributed by atoms with Crippen molar-refractivity contribution in [3.8, 4) is 11.5 Å². The van der Waals surface area contributed by atoms with Crippen molar-refractivity contribution in [2.24, 2.45) is 0 Å². The van der Waals surface area contributed by atoms with E-state index in [0.29, 0.717) is 29.4 Å². The molecule has 2 aromatic carbocycles. The van der Waals surface area contributed by atoms with E-state index in [4.69, 9.17) is 9.47 Å². The van der Waals surface area contributed by atoms with E-state index in [1.165, 1.54) is 0 Å². The zero-order chi connectivity index (χ0) is 20.8. The second-order valence-corrected chi connectivity index (χ2v) is 7.80. The van der Waals surface area contributed by atoms with Crippen LogP contribution in [0.2, 0.25) is 0 Å². The third-order valence-corrected chi connectivity index (χ3v) is 6.12. The molecule has 3 rings (SSSR count). The topological polar surface area (TPSA) is 67.9 Å². The second-order valence-electron chi connectivity index (χ2n) is 6.69. The third kappa shape index (κ3) is 4.50. The standard InChI is InChI=1S/C22H26N2O4S/c1-4-12-23-20(25)17-14-29-22(16-10-11-18(27-2)19(13-16)28-3)24(17)21(26)15-8-6-5-7-9-15/h5-11,13,17,22H,4,12,14H2,1-3H3,(H,23,25). The fourth-order valence-corrected chi connectivity index (χ4v) is 4.73. The number of hydrogen-bond acceptors (Lipinski definition) is 5. The second kappa shape index (κ2) is 9.69. The number of carbonyl (C=O) groups excluding carboxylic acids is 2. The molecule has 7 heteroatoms. The summed E-state index contributed by atoms with van der Waals surface area (Å²) in [6.45, 7) is 2.59. The number of amides is 2. The Morgan fingerprint density at radius 2 is 1.83 bits per heavy atom. The minimum absolute atomic E-state index is 0.119. The van der Waals surface area contributed by atoms with Gasteiger partial charge in [0.05, 0.1) is 14.2 Å². The van der Waals surface area contributed by atoms with Crippen molar-refractivity contribution in [2.45, 2.75) is 24.8 Å². The Balaban J connectivity index is 1.97. The Hall–Kier alpha value is -2.67. The SMILES string of the molecule is CCCNC(=O)C1CSC(c2ccc(OC)c(OC)c2)N1C(=O)c1ccccc1. The zero-order valence-electron chi connectivity index (χ0n) is 16.9. The first-order valence-electron chi connectivity index (χ1n) is 9.59. The lowest BCUT2D eigenvalue weighted by atomic mass is 10.1. The van der Waals surface area contributed by atoms with Crippen LogP contribution in [0.5, 0.6) is 11.5 Å². The number of benzene rings is 2. The largest absolute Gasteiger partial charge is 0.493 e. The molecular formula is C22H26N2O4S. The lowest BCUT2D eigenvalue weighted by Crippen LogP contribution is -2.48. The van der Waals surface area contributed by atoms with E-state index in [-0.39, 0.29) is 17.2 Å². The fraction of sp³-hybridized carbons (Fsp3) is 0.364. The van der Waals surface area contributed by atoms with Crippen molar-refractivity contribution in [1.82, 2.24) is 10.2 Å². The van der Waals surface area contributed by atoms with Gasteiger partial charge in [-0.25, -0.2) is 0 Å². The van der Waals surface area contributed by atoms with Gasteiger partial charge in [-0.3, -0.25) is 9.59 Å². The average Bonchev–Trinajstić information content (AvgIpc) is 3.22. The fourth-order valence-electron chi connectivity index (χ4n) is 3.32. The molecule has 2 amide bonds. The molecule has 0 bridgehead atoms. The zero-order valence-corrected chi connectivity index (χ0v) is 17.7. The summed E-state index contributed by atoms with van der Waals surface area (Å²) in [5, 5.41) is 2.64. The number of ether oxygens (including phenoxy) is 2. The Kier molecular flexibility index (Phi) is 7.04. The van der Waals surface area contributed by atoms with Gasteiger partial charge in [0.1, 0.15) is 11.4 Å². The highest BCUT2D eigenvalue weighted by atomic mass is 32.2. The van der Waals surface area contributed by atoms with Crippen molar-refractivity contribution < 1.29 is 19.1 Å². The van der Waals surface area contributed by atoms with Crippen LogP contribution >= 0.6 is 11.8 Å². The number of hydrogen-bond donors (Lipinski definition) is 1. The maximum atomic E-state index is 13.4. The smallest absolute Gasteiger partial charge is 0.255 e. The van der Waals surface area contributed by atoms with Gasteiger partial charge < -0.3 is 19.7 Å². The predicted molar refractivity (Wildman–Crippen MR) is 114 cm³/mol. The summed E-state index contributed by atoms with van der Waals surface area (Å²) >= 11 is 1.58. The molecule has 2 atom stereocenters. The molecular weight excluding hydrogens is 388 g/mol. The van der Waals surface area contributed by atoms with E-state index in [1.54, 1.807) is 43.0 Å². The number of thioether (sulfide) groups is 1. The summed E-state index contributed by atoms with van der Waals surface area (Å²) in [7, 11) is 3.17. The monoisotopic (exact) mass is 414 g/mol. The number of rotatable bonds is 7. The van der Waals surface area contributed by atoms with Crippen LogP contribution in [0.1, 0.15) is 34.6 Å². The van der Waals surface area contributed by atoms with Crippen LogP contribution in [0.25, 0.3) is 0 Å². The quantitative estimate of drug-likeness (QED) is 0.751. The van der Waals surface area contributed by atoms with Crippen LogP contribution in [-0.4, -0.2) is 49.3 Å². The summed E-state index contributed by atoms with van der Waals surface area (Å²) in [5.74, 6) is 1.47. The van der Waals surface area contributed by atoms with Gasteiger partial charge in [-0.2, -0.15) is 0 Å². The number of nitrogens with one attached hydrogen (secondary N) is 1. The van der Waals surface area contributed by atoms with Crippen LogP contribution < -0.4 is 14.8 Å². The minimum atomic E-state index is -0.530. The summed E-state index contributed by atoms with van der Waals surface area (Å²) in [5.41, 5.74) is 1.46. The van der Waals surface area contributed by atoms with Gasteiger partial charge >= 0.3 is 0 Å².